The molecule has 0 aromatic heterocycles. The lowest BCUT2D eigenvalue weighted by molar-refractivity contribution is -0.146. The van der Waals surface area contributed by atoms with Gasteiger partial charge in [-0.25, -0.2) is 0 Å². The molecule has 30 heavy (non-hydrogen) atoms. The van der Waals surface area contributed by atoms with Gasteiger partial charge in [0.05, 0.1) is 20.3 Å². The number of ether oxygens (including phenoxy) is 2. The fraction of sp³-hybridized carbons (Fsp3) is 0.500. The van der Waals surface area contributed by atoms with E-state index in [0.29, 0.717) is 0 Å². The molecule has 4 saturated carbocycles. The van der Waals surface area contributed by atoms with Crippen LogP contribution in [0.25, 0.3) is 0 Å². The minimum Gasteiger partial charge on any atom is -0.497 e. The third-order valence-corrected chi connectivity index (χ3v) is 7.69. The van der Waals surface area contributed by atoms with Gasteiger partial charge < -0.3 is 14.8 Å². The molecule has 0 heterocycles. The first-order valence-electron chi connectivity index (χ1n) is 11.2. The Kier molecular flexibility index (Phi) is 4.96. The lowest BCUT2D eigenvalue weighted by Gasteiger charge is -2.55. The van der Waals surface area contributed by atoms with E-state index in [9.17, 15) is 4.79 Å². The Balaban J connectivity index is 1.44. The highest BCUT2D eigenvalue weighted by Gasteiger charge is 2.54. The summed E-state index contributed by atoms with van der Waals surface area (Å²) in [6, 6.07) is 15.9. The Morgan fingerprint density at radius 3 is 1.57 bits per heavy atom. The second-order valence-corrected chi connectivity index (χ2v) is 9.65. The van der Waals surface area contributed by atoms with Crippen molar-refractivity contribution in [1.29, 1.82) is 0 Å². The summed E-state index contributed by atoms with van der Waals surface area (Å²) in [5, 5.41) is 3.46. The molecule has 0 unspecified atom stereocenters. The van der Waals surface area contributed by atoms with Crippen LogP contribution in [0.2, 0.25) is 0 Å². The molecule has 0 radical (unpaired) electrons. The Morgan fingerprint density at radius 2 is 1.20 bits per heavy atom. The number of carbonyl (C=O) groups is 1. The van der Waals surface area contributed by atoms with Gasteiger partial charge in [0.15, 0.2) is 0 Å². The van der Waals surface area contributed by atoms with Crippen LogP contribution in [0, 0.1) is 23.2 Å². The number of carbonyl (C=O) groups excluding carboxylic acids is 1. The Bertz CT molecular complexity index is 820. The van der Waals surface area contributed by atoms with E-state index in [4.69, 9.17) is 9.47 Å². The molecule has 1 amide bonds. The topological polar surface area (TPSA) is 47.6 Å². The lowest BCUT2D eigenvalue weighted by Crippen LogP contribution is -2.54. The van der Waals surface area contributed by atoms with E-state index in [0.717, 1.165) is 59.6 Å². The molecule has 2 aromatic carbocycles. The molecule has 0 atom stereocenters. The van der Waals surface area contributed by atoms with E-state index in [1.165, 1.54) is 19.3 Å². The predicted octanol–water partition coefficient (Wildman–Crippen LogP) is 5.13. The fourth-order valence-corrected chi connectivity index (χ4v) is 6.62. The summed E-state index contributed by atoms with van der Waals surface area (Å²) in [6.45, 7) is 0. The highest BCUT2D eigenvalue weighted by molar-refractivity contribution is 5.84. The van der Waals surface area contributed by atoms with Crippen LogP contribution >= 0.6 is 0 Å². The van der Waals surface area contributed by atoms with Crippen molar-refractivity contribution in [3.05, 3.63) is 59.7 Å². The van der Waals surface area contributed by atoms with Crippen LogP contribution in [0.1, 0.15) is 55.7 Å². The minimum absolute atomic E-state index is 0.161. The van der Waals surface area contributed by atoms with Crippen molar-refractivity contribution < 1.29 is 14.3 Å². The average Bonchev–Trinajstić information content (AvgIpc) is 2.76. The third-order valence-electron chi connectivity index (χ3n) is 7.69. The summed E-state index contributed by atoms with van der Waals surface area (Å²) in [5.41, 5.74) is 1.98. The zero-order chi connectivity index (χ0) is 20.7. The number of hydrogen-bond donors (Lipinski definition) is 1. The quantitative estimate of drug-likeness (QED) is 0.725. The summed E-state index contributed by atoms with van der Waals surface area (Å²) < 4.78 is 10.7. The van der Waals surface area contributed by atoms with Crippen molar-refractivity contribution in [2.45, 2.75) is 44.6 Å². The van der Waals surface area contributed by atoms with Crippen molar-refractivity contribution in [3.8, 4) is 11.5 Å². The van der Waals surface area contributed by atoms with Gasteiger partial charge in [-0.05, 0) is 91.7 Å². The van der Waals surface area contributed by atoms with Gasteiger partial charge in [-0.15, -0.1) is 0 Å². The molecule has 1 N–H and O–H groups in total. The van der Waals surface area contributed by atoms with E-state index in [1.807, 2.05) is 48.5 Å². The SMILES string of the molecule is COc1ccc(C(NC(=O)C23CC4CC(CC(C4)C2)C3)c2ccc(OC)cc2)cc1. The summed E-state index contributed by atoms with van der Waals surface area (Å²) in [6.07, 6.45) is 7.24. The second kappa shape index (κ2) is 7.64. The van der Waals surface area contributed by atoms with Gasteiger partial charge in [0.25, 0.3) is 0 Å². The molecule has 4 nitrogen and oxygen atoms in total. The second-order valence-electron chi connectivity index (χ2n) is 9.65. The van der Waals surface area contributed by atoms with E-state index in [-0.39, 0.29) is 17.4 Å². The van der Waals surface area contributed by atoms with Gasteiger partial charge in [0.2, 0.25) is 5.91 Å². The molecule has 0 saturated heterocycles. The first-order chi connectivity index (χ1) is 14.6. The van der Waals surface area contributed by atoms with Crippen LogP contribution in [-0.4, -0.2) is 20.1 Å². The molecule has 2 aromatic rings. The van der Waals surface area contributed by atoms with Crippen LogP contribution in [0.4, 0.5) is 0 Å². The molecule has 4 aliphatic rings. The van der Waals surface area contributed by atoms with Crippen LogP contribution in [0.5, 0.6) is 11.5 Å². The Morgan fingerprint density at radius 1 is 0.800 bits per heavy atom. The zero-order valence-corrected chi connectivity index (χ0v) is 17.9. The Labute approximate surface area is 179 Å². The summed E-state index contributed by atoms with van der Waals surface area (Å²) in [7, 11) is 3.34. The summed E-state index contributed by atoms with van der Waals surface area (Å²) in [4.78, 5) is 13.7. The smallest absolute Gasteiger partial charge is 0.226 e. The molecular formula is C26H31NO3. The van der Waals surface area contributed by atoms with E-state index in [1.54, 1.807) is 14.2 Å². The maximum absolute atomic E-state index is 13.7. The molecule has 4 fully saturated rings. The highest BCUT2D eigenvalue weighted by Crippen LogP contribution is 2.60. The normalized spacial score (nSPS) is 29.1. The molecule has 4 bridgehead atoms. The predicted molar refractivity (Wildman–Crippen MR) is 117 cm³/mol. The molecule has 158 valence electrons. The van der Waals surface area contributed by atoms with Crippen LogP contribution < -0.4 is 14.8 Å². The van der Waals surface area contributed by atoms with Crippen molar-refractivity contribution >= 4 is 5.91 Å². The van der Waals surface area contributed by atoms with Crippen LogP contribution in [-0.2, 0) is 4.79 Å². The number of methoxy groups -OCH3 is 2. The summed E-state index contributed by atoms with van der Waals surface area (Å²) in [5.74, 6) is 4.14. The number of nitrogens with one attached hydrogen (secondary N) is 1. The first kappa shape index (κ1) is 19.5. The van der Waals surface area contributed by atoms with Gasteiger partial charge in [0.1, 0.15) is 11.5 Å². The van der Waals surface area contributed by atoms with Crippen molar-refractivity contribution in [3.63, 3.8) is 0 Å². The van der Waals surface area contributed by atoms with Gasteiger partial charge >= 0.3 is 0 Å². The van der Waals surface area contributed by atoms with Gasteiger partial charge in [-0.1, -0.05) is 24.3 Å². The van der Waals surface area contributed by atoms with Gasteiger partial charge in [-0.2, -0.15) is 0 Å². The number of hydrogen-bond acceptors (Lipinski definition) is 3. The maximum Gasteiger partial charge on any atom is 0.226 e. The monoisotopic (exact) mass is 405 g/mol. The maximum atomic E-state index is 13.7. The van der Waals surface area contributed by atoms with Crippen LogP contribution in [0.15, 0.2) is 48.5 Å². The molecule has 4 aliphatic carbocycles. The van der Waals surface area contributed by atoms with Gasteiger partial charge in [0, 0.05) is 5.41 Å². The van der Waals surface area contributed by atoms with E-state index in [2.05, 4.69) is 5.32 Å². The minimum atomic E-state index is -0.178. The fourth-order valence-electron chi connectivity index (χ4n) is 6.62. The van der Waals surface area contributed by atoms with Crippen molar-refractivity contribution in [2.24, 2.45) is 23.2 Å². The number of amides is 1. The number of benzene rings is 2. The average molecular weight is 406 g/mol. The van der Waals surface area contributed by atoms with Crippen molar-refractivity contribution in [2.75, 3.05) is 14.2 Å². The molecule has 0 aliphatic heterocycles. The van der Waals surface area contributed by atoms with Crippen molar-refractivity contribution in [1.82, 2.24) is 5.32 Å². The zero-order valence-electron chi connectivity index (χ0n) is 17.9. The highest BCUT2D eigenvalue weighted by atomic mass is 16.5. The largest absolute Gasteiger partial charge is 0.497 e. The molecule has 6 rings (SSSR count). The van der Waals surface area contributed by atoms with E-state index < -0.39 is 0 Å². The van der Waals surface area contributed by atoms with Gasteiger partial charge in [-0.3, -0.25) is 4.79 Å². The molecule has 4 heteroatoms. The number of rotatable bonds is 6. The third kappa shape index (κ3) is 3.46. The summed E-state index contributed by atoms with van der Waals surface area (Å²) >= 11 is 0. The lowest BCUT2D eigenvalue weighted by atomic mass is 9.49. The molecule has 0 spiro atoms. The Hall–Kier alpha value is -2.49. The standard InChI is InChI=1S/C26H31NO3/c1-29-22-7-3-20(4-8-22)24(21-5-9-23(30-2)10-6-21)27-25(28)26-14-17-11-18(15-26)13-19(12-17)16-26/h3-10,17-19,24H,11-16H2,1-2H3,(H,27,28). The van der Waals surface area contributed by atoms with Crippen LogP contribution in [0.3, 0.4) is 0 Å². The van der Waals surface area contributed by atoms with E-state index >= 15 is 0 Å². The molecular weight excluding hydrogens is 374 g/mol. The first-order valence-corrected chi connectivity index (χ1v) is 11.2.